The highest BCUT2D eigenvalue weighted by Crippen LogP contribution is 2.15. The molecule has 0 aliphatic rings. The predicted octanol–water partition coefficient (Wildman–Crippen LogP) is 3.69. The van der Waals surface area contributed by atoms with Crippen molar-refractivity contribution in [3.63, 3.8) is 0 Å². The van der Waals surface area contributed by atoms with Crippen LogP contribution in [0.5, 0.6) is 0 Å². The molecule has 0 aliphatic heterocycles. The van der Waals surface area contributed by atoms with E-state index >= 15 is 0 Å². The zero-order valence-corrected chi connectivity index (χ0v) is 14.4. The fourth-order valence-electron chi connectivity index (χ4n) is 2.27. The Morgan fingerprint density at radius 1 is 1.32 bits per heavy atom. The van der Waals surface area contributed by atoms with Crippen molar-refractivity contribution in [2.45, 2.75) is 52.4 Å². The summed E-state index contributed by atoms with van der Waals surface area (Å²) in [4.78, 5) is 4.62. The maximum atomic E-state index is 12.1. The maximum absolute atomic E-state index is 12.1. The largest absolute Gasteiger partial charge is 0.372 e. The molecule has 0 saturated carbocycles. The van der Waals surface area contributed by atoms with Gasteiger partial charge >= 0.3 is 0 Å². The number of nitrogens with zero attached hydrogens (tertiary/aromatic N) is 1. The third kappa shape index (κ3) is 9.68. The topological polar surface area (TPSA) is 48.5 Å². The molecule has 0 aromatic carbocycles. The van der Waals surface area contributed by atoms with Crippen LogP contribution in [0, 0.1) is 5.92 Å². The molecule has 0 radical (unpaired) electrons. The second-order valence-corrected chi connectivity index (χ2v) is 5.29. The van der Waals surface area contributed by atoms with Gasteiger partial charge in [-0.2, -0.15) is 0 Å². The summed E-state index contributed by atoms with van der Waals surface area (Å²) in [5.74, 6) is 0.525. The first-order valence-electron chi connectivity index (χ1n) is 8.32. The number of hydrogen-bond donors (Lipinski definition) is 3. The van der Waals surface area contributed by atoms with Gasteiger partial charge in [0.15, 0.2) is 0 Å². The summed E-state index contributed by atoms with van der Waals surface area (Å²) < 4.78 is 12.1. The maximum Gasteiger partial charge on any atom is 0.0937 e. The van der Waals surface area contributed by atoms with Gasteiger partial charge in [0.2, 0.25) is 0 Å². The standard InChI is InChI=1S/C17H33FN4/c1-5-9-17(16(7-3)21-14-22-18)20-12-8-10-15(6-2)11-13-19-4/h6,12,15,19,21-22H,2,5,7-11,13-14H2,1,3-4H3/b17-16-,20-12?. The van der Waals surface area contributed by atoms with Crippen LogP contribution in [0.4, 0.5) is 4.48 Å². The van der Waals surface area contributed by atoms with Crippen LogP contribution in [0.3, 0.4) is 0 Å². The molecule has 0 saturated heterocycles. The summed E-state index contributed by atoms with van der Waals surface area (Å²) in [6.07, 6.45) is 9.88. The predicted molar refractivity (Wildman–Crippen MR) is 94.4 cm³/mol. The lowest BCUT2D eigenvalue weighted by molar-refractivity contribution is 0.323. The second-order valence-electron chi connectivity index (χ2n) is 5.29. The van der Waals surface area contributed by atoms with Crippen molar-refractivity contribution >= 4 is 6.21 Å². The molecule has 0 amide bonds. The van der Waals surface area contributed by atoms with Crippen LogP contribution in [0.1, 0.15) is 52.4 Å². The number of hydrogen-bond acceptors (Lipinski definition) is 4. The molecule has 0 fully saturated rings. The molecule has 0 spiro atoms. The molecule has 1 atom stereocenters. The van der Waals surface area contributed by atoms with Crippen molar-refractivity contribution in [1.29, 1.82) is 0 Å². The third-order valence-electron chi connectivity index (χ3n) is 3.57. The van der Waals surface area contributed by atoms with Crippen LogP contribution in [-0.4, -0.2) is 26.5 Å². The Hall–Kier alpha value is -1.20. The number of halogens is 1. The van der Waals surface area contributed by atoms with Crippen molar-refractivity contribution in [2.24, 2.45) is 10.9 Å². The first-order chi connectivity index (χ1) is 10.7. The van der Waals surface area contributed by atoms with Crippen molar-refractivity contribution in [2.75, 3.05) is 20.3 Å². The minimum Gasteiger partial charge on any atom is -0.372 e. The van der Waals surface area contributed by atoms with E-state index in [0.29, 0.717) is 5.92 Å². The molecule has 0 aromatic rings. The average molecular weight is 312 g/mol. The Morgan fingerprint density at radius 3 is 2.64 bits per heavy atom. The SMILES string of the molecule is C=CC(CCC=N/C(CCC)=C(/CC)NCNF)CCNC. The first-order valence-corrected chi connectivity index (χ1v) is 8.32. The molecule has 0 rings (SSSR count). The van der Waals surface area contributed by atoms with Crippen molar-refractivity contribution in [3.8, 4) is 0 Å². The Morgan fingerprint density at radius 2 is 2.09 bits per heavy atom. The molecular weight excluding hydrogens is 279 g/mol. The van der Waals surface area contributed by atoms with Gasteiger partial charge in [0, 0.05) is 11.9 Å². The van der Waals surface area contributed by atoms with Crippen LogP contribution >= 0.6 is 0 Å². The summed E-state index contributed by atoms with van der Waals surface area (Å²) >= 11 is 0. The van der Waals surface area contributed by atoms with Gasteiger partial charge < -0.3 is 10.6 Å². The van der Waals surface area contributed by atoms with E-state index < -0.39 is 0 Å². The number of rotatable bonds is 14. The van der Waals surface area contributed by atoms with Gasteiger partial charge in [-0.05, 0) is 51.6 Å². The summed E-state index contributed by atoms with van der Waals surface area (Å²) in [5.41, 5.74) is 3.67. The van der Waals surface area contributed by atoms with Crippen molar-refractivity contribution in [1.82, 2.24) is 16.2 Å². The van der Waals surface area contributed by atoms with E-state index in [1.54, 1.807) is 5.54 Å². The van der Waals surface area contributed by atoms with E-state index in [4.69, 9.17) is 0 Å². The summed E-state index contributed by atoms with van der Waals surface area (Å²) in [5, 5.41) is 6.21. The van der Waals surface area contributed by atoms with Gasteiger partial charge in [-0.3, -0.25) is 4.99 Å². The van der Waals surface area contributed by atoms with Crippen LogP contribution in [0.25, 0.3) is 0 Å². The van der Waals surface area contributed by atoms with Crippen LogP contribution in [0.2, 0.25) is 0 Å². The highest BCUT2D eigenvalue weighted by Gasteiger charge is 2.04. The highest BCUT2D eigenvalue weighted by atomic mass is 19.2. The molecule has 22 heavy (non-hydrogen) atoms. The molecule has 128 valence electrons. The van der Waals surface area contributed by atoms with E-state index in [9.17, 15) is 4.48 Å². The van der Waals surface area contributed by atoms with E-state index in [1.807, 2.05) is 19.3 Å². The Kier molecular flexibility index (Phi) is 13.9. The Labute approximate surface area is 135 Å². The molecule has 0 aromatic heterocycles. The lowest BCUT2D eigenvalue weighted by Crippen LogP contribution is -2.23. The van der Waals surface area contributed by atoms with Gasteiger partial charge in [-0.15, -0.1) is 16.6 Å². The molecule has 3 N–H and O–H groups in total. The minimum atomic E-state index is 0.120. The number of allylic oxidation sites excluding steroid dienone is 3. The van der Waals surface area contributed by atoms with Gasteiger partial charge in [-0.1, -0.05) is 26.3 Å². The quantitative estimate of drug-likeness (QED) is 0.198. The Balaban J connectivity index is 4.52. The van der Waals surface area contributed by atoms with E-state index in [-0.39, 0.29) is 6.67 Å². The lowest BCUT2D eigenvalue weighted by atomic mass is 10.00. The smallest absolute Gasteiger partial charge is 0.0937 e. The van der Waals surface area contributed by atoms with Crippen LogP contribution in [-0.2, 0) is 0 Å². The molecule has 1 unspecified atom stereocenters. The average Bonchev–Trinajstić information content (AvgIpc) is 2.54. The molecule has 0 aliphatic carbocycles. The van der Waals surface area contributed by atoms with Gasteiger partial charge in [-0.25, -0.2) is 0 Å². The lowest BCUT2D eigenvalue weighted by Gasteiger charge is -2.12. The summed E-state index contributed by atoms with van der Waals surface area (Å²) in [6.45, 7) is 9.21. The second kappa shape index (κ2) is 14.7. The molecule has 0 heterocycles. The van der Waals surface area contributed by atoms with Crippen LogP contribution < -0.4 is 16.2 Å². The van der Waals surface area contributed by atoms with Crippen LogP contribution in [0.15, 0.2) is 29.0 Å². The molecule has 4 nitrogen and oxygen atoms in total. The number of nitrogens with one attached hydrogen (secondary N) is 3. The summed E-state index contributed by atoms with van der Waals surface area (Å²) in [7, 11) is 1.97. The molecular formula is C17H33FN4. The highest BCUT2D eigenvalue weighted by molar-refractivity contribution is 5.59. The van der Waals surface area contributed by atoms with Gasteiger partial charge in [0.05, 0.1) is 12.4 Å². The zero-order valence-electron chi connectivity index (χ0n) is 14.4. The number of aliphatic imine (C=N–C) groups is 1. The van der Waals surface area contributed by atoms with Gasteiger partial charge in [0.25, 0.3) is 0 Å². The fraction of sp³-hybridized carbons (Fsp3) is 0.706. The molecule has 5 heteroatoms. The third-order valence-corrected chi connectivity index (χ3v) is 3.57. The van der Waals surface area contributed by atoms with E-state index in [2.05, 4.69) is 36.1 Å². The normalized spacial score (nSPS) is 14.0. The van der Waals surface area contributed by atoms with Crippen molar-refractivity contribution in [3.05, 3.63) is 24.0 Å². The van der Waals surface area contributed by atoms with E-state index in [1.165, 1.54) is 0 Å². The van der Waals surface area contributed by atoms with E-state index in [0.717, 1.165) is 56.5 Å². The molecule has 0 bridgehead atoms. The summed E-state index contributed by atoms with van der Waals surface area (Å²) in [6, 6.07) is 0. The van der Waals surface area contributed by atoms with Gasteiger partial charge in [0.1, 0.15) is 0 Å². The fourth-order valence-corrected chi connectivity index (χ4v) is 2.27. The minimum absolute atomic E-state index is 0.120. The first kappa shape index (κ1) is 20.8. The van der Waals surface area contributed by atoms with Crippen molar-refractivity contribution < 1.29 is 4.48 Å². The Bertz CT molecular complexity index is 340. The zero-order chi connectivity index (χ0) is 16.6. The monoisotopic (exact) mass is 312 g/mol.